The lowest BCUT2D eigenvalue weighted by molar-refractivity contribution is -0.112. The van der Waals surface area contributed by atoms with Crippen LogP contribution in [0.25, 0.3) is 0 Å². The third-order valence-electron chi connectivity index (χ3n) is 3.83. The van der Waals surface area contributed by atoms with Crippen LogP contribution in [0.4, 0.5) is 11.4 Å². The molecule has 0 unspecified atom stereocenters. The minimum atomic E-state index is -0.432. The molecule has 25 heavy (non-hydrogen) atoms. The second-order valence-corrected chi connectivity index (χ2v) is 5.93. The molecule has 0 bridgehead atoms. The molecule has 0 spiro atoms. The summed E-state index contributed by atoms with van der Waals surface area (Å²) in [6, 6.07) is 17.4. The number of aryl methyl sites for hydroxylation is 2. The summed E-state index contributed by atoms with van der Waals surface area (Å²) < 4.78 is 0. The molecule has 0 radical (unpaired) electrons. The van der Waals surface area contributed by atoms with E-state index in [1.807, 2.05) is 49.4 Å². The minimum absolute atomic E-state index is 0.0237. The van der Waals surface area contributed by atoms with Crippen LogP contribution >= 0.6 is 0 Å². The van der Waals surface area contributed by atoms with Crippen LogP contribution in [0.2, 0.25) is 0 Å². The van der Waals surface area contributed by atoms with Crippen LogP contribution in [-0.2, 0) is 11.2 Å². The van der Waals surface area contributed by atoms with E-state index in [-0.39, 0.29) is 5.57 Å². The molecule has 0 saturated carbocycles. The van der Waals surface area contributed by atoms with Crippen molar-refractivity contribution in [3.8, 4) is 6.07 Å². The number of hydrogen-bond acceptors (Lipinski definition) is 3. The number of anilines is 2. The summed E-state index contributed by atoms with van der Waals surface area (Å²) >= 11 is 0. The topological polar surface area (TPSA) is 64.9 Å². The first-order valence-electron chi connectivity index (χ1n) is 8.46. The van der Waals surface area contributed by atoms with Crippen LogP contribution in [0, 0.1) is 18.3 Å². The van der Waals surface area contributed by atoms with E-state index in [1.54, 1.807) is 0 Å². The number of nitriles is 1. The van der Waals surface area contributed by atoms with Crippen LogP contribution in [0.5, 0.6) is 0 Å². The van der Waals surface area contributed by atoms with Crippen molar-refractivity contribution in [3.05, 3.63) is 71.4 Å². The Labute approximate surface area is 149 Å². The highest BCUT2D eigenvalue weighted by atomic mass is 16.1. The number of benzene rings is 2. The predicted octanol–water partition coefficient (Wildman–Crippen LogP) is 4.80. The molecule has 4 nitrogen and oxygen atoms in total. The molecular weight excluding hydrogens is 310 g/mol. The van der Waals surface area contributed by atoms with E-state index >= 15 is 0 Å². The molecule has 0 aliphatic carbocycles. The van der Waals surface area contributed by atoms with Gasteiger partial charge in [-0.2, -0.15) is 5.26 Å². The van der Waals surface area contributed by atoms with E-state index in [0.29, 0.717) is 5.69 Å². The van der Waals surface area contributed by atoms with Crippen molar-refractivity contribution < 1.29 is 4.79 Å². The summed E-state index contributed by atoms with van der Waals surface area (Å²) in [4.78, 5) is 12.2. The highest BCUT2D eigenvalue weighted by Crippen LogP contribution is 2.13. The van der Waals surface area contributed by atoms with Crippen molar-refractivity contribution in [2.24, 2.45) is 0 Å². The lowest BCUT2D eigenvalue weighted by atomic mass is 10.1. The number of carbonyl (C=O) groups is 1. The fraction of sp³-hybridized carbons (Fsp3) is 0.238. The molecule has 0 aliphatic rings. The van der Waals surface area contributed by atoms with E-state index in [9.17, 15) is 10.1 Å². The maximum atomic E-state index is 12.2. The number of hydrogen-bond donors (Lipinski definition) is 2. The van der Waals surface area contributed by atoms with Crippen molar-refractivity contribution in [2.75, 3.05) is 10.6 Å². The normalized spacial score (nSPS) is 10.8. The maximum absolute atomic E-state index is 12.2. The monoisotopic (exact) mass is 333 g/mol. The number of amides is 1. The molecule has 2 N–H and O–H groups in total. The first-order chi connectivity index (χ1) is 12.1. The smallest absolute Gasteiger partial charge is 0.267 e. The minimum Gasteiger partial charge on any atom is -0.360 e. The SMILES string of the molecule is CCCCc1ccc(N/C=C(/C#N)C(=O)Nc2ccc(C)cc2)cc1. The second-order valence-electron chi connectivity index (χ2n) is 5.93. The molecule has 0 aliphatic heterocycles. The zero-order valence-electron chi connectivity index (χ0n) is 14.7. The zero-order valence-corrected chi connectivity index (χ0v) is 14.7. The Hall–Kier alpha value is -3.06. The first kappa shape index (κ1) is 18.3. The van der Waals surface area contributed by atoms with Crippen LogP contribution < -0.4 is 10.6 Å². The number of nitrogens with one attached hydrogen (secondary N) is 2. The summed E-state index contributed by atoms with van der Waals surface area (Å²) in [5.74, 6) is -0.432. The molecule has 0 aromatic heterocycles. The van der Waals surface area contributed by atoms with Gasteiger partial charge in [-0.25, -0.2) is 0 Å². The Morgan fingerprint density at radius 1 is 1.08 bits per heavy atom. The van der Waals surface area contributed by atoms with Crippen LogP contribution in [-0.4, -0.2) is 5.91 Å². The van der Waals surface area contributed by atoms with Gasteiger partial charge in [0.1, 0.15) is 11.6 Å². The molecule has 0 saturated heterocycles. The third-order valence-corrected chi connectivity index (χ3v) is 3.83. The number of rotatable bonds is 7. The van der Waals surface area contributed by atoms with Gasteiger partial charge < -0.3 is 10.6 Å². The Morgan fingerprint density at radius 2 is 1.72 bits per heavy atom. The lowest BCUT2D eigenvalue weighted by Gasteiger charge is -2.06. The van der Waals surface area contributed by atoms with E-state index in [4.69, 9.17) is 0 Å². The van der Waals surface area contributed by atoms with Gasteiger partial charge in [0.2, 0.25) is 0 Å². The Bertz CT molecular complexity index is 768. The van der Waals surface area contributed by atoms with Gasteiger partial charge in [-0.15, -0.1) is 0 Å². The van der Waals surface area contributed by atoms with Gasteiger partial charge in [-0.1, -0.05) is 43.2 Å². The molecule has 0 atom stereocenters. The molecule has 0 heterocycles. The molecule has 1 amide bonds. The molecular formula is C21H23N3O. The second kappa shape index (κ2) is 9.29. The number of carbonyl (C=O) groups excluding carboxylic acids is 1. The summed E-state index contributed by atoms with van der Waals surface area (Å²) in [6.45, 7) is 4.15. The fourth-order valence-electron chi connectivity index (χ4n) is 2.29. The number of nitrogens with zero attached hydrogens (tertiary/aromatic N) is 1. The van der Waals surface area contributed by atoms with Gasteiger partial charge in [0, 0.05) is 17.6 Å². The average molecular weight is 333 g/mol. The third kappa shape index (κ3) is 5.82. The molecule has 2 rings (SSSR count). The first-order valence-corrected chi connectivity index (χ1v) is 8.46. The van der Waals surface area contributed by atoms with Crippen LogP contribution in [0.3, 0.4) is 0 Å². The number of unbranched alkanes of at least 4 members (excludes halogenated alkanes) is 1. The molecule has 0 fully saturated rings. The quantitative estimate of drug-likeness (QED) is 0.565. The van der Waals surface area contributed by atoms with Gasteiger partial charge in [0.05, 0.1) is 0 Å². The highest BCUT2D eigenvalue weighted by molar-refractivity contribution is 6.06. The average Bonchev–Trinajstić information content (AvgIpc) is 2.63. The summed E-state index contributed by atoms with van der Waals surface area (Å²) in [5.41, 5.74) is 3.93. The predicted molar refractivity (Wildman–Crippen MR) is 102 cm³/mol. The largest absolute Gasteiger partial charge is 0.360 e. The Morgan fingerprint density at radius 3 is 2.32 bits per heavy atom. The van der Waals surface area contributed by atoms with E-state index in [1.165, 1.54) is 24.6 Å². The highest BCUT2D eigenvalue weighted by Gasteiger charge is 2.09. The van der Waals surface area contributed by atoms with Gasteiger partial charge in [0.15, 0.2) is 0 Å². The van der Waals surface area contributed by atoms with Crippen molar-refractivity contribution in [1.29, 1.82) is 5.26 Å². The van der Waals surface area contributed by atoms with Gasteiger partial charge in [0.25, 0.3) is 5.91 Å². The fourth-order valence-corrected chi connectivity index (χ4v) is 2.29. The standard InChI is InChI=1S/C21H23N3O/c1-3-4-5-17-8-12-19(13-9-17)23-15-18(14-22)21(25)24-20-10-6-16(2)7-11-20/h6-13,15,23H,3-5H2,1-2H3,(H,24,25)/b18-15-. The maximum Gasteiger partial charge on any atom is 0.267 e. The molecule has 2 aromatic carbocycles. The molecule has 128 valence electrons. The van der Waals surface area contributed by atoms with Gasteiger partial charge in [-0.05, 0) is 49.6 Å². The van der Waals surface area contributed by atoms with E-state index in [0.717, 1.165) is 17.7 Å². The van der Waals surface area contributed by atoms with Crippen molar-refractivity contribution in [3.63, 3.8) is 0 Å². The van der Waals surface area contributed by atoms with Crippen molar-refractivity contribution in [2.45, 2.75) is 33.1 Å². The van der Waals surface area contributed by atoms with E-state index < -0.39 is 5.91 Å². The lowest BCUT2D eigenvalue weighted by Crippen LogP contribution is -2.14. The van der Waals surface area contributed by atoms with Gasteiger partial charge >= 0.3 is 0 Å². The molecule has 4 heteroatoms. The summed E-state index contributed by atoms with van der Waals surface area (Å²) in [7, 11) is 0. The summed E-state index contributed by atoms with van der Waals surface area (Å²) in [6.07, 6.45) is 4.84. The van der Waals surface area contributed by atoms with Crippen LogP contribution in [0.1, 0.15) is 30.9 Å². The Balaban J connectivity index is 1.98. The van der Waals surface area contributed by atoms with E-state index in [2.05, 4.69) is 29.7 Å². The zero-order chi connectivity index (χ0) is 18.1. The van der Waals surface area contributed by atoms with Crippen molar-refractivity contribution in [1.82, 2.24) is 0 Å². The van der Waals surface area contributed by atoms with Crippen LogP contribution in [0.15, 0.2) is 60.3 Å². The Kier molecular flexibility index (Phi) is 6.79. The molecule has 2 aromatic rings. The summed E-state index contributed by atoms with van der Waals surface area (Å²) in [5, 5.41) is 14.9. The van der Waals surface area contributed by atoms with Gasteiger partial charge in [-0.3, -0.25) is 4.79 Å². The van der Waals surface area contributed by atoms with Crippen molar-refractivity contribution >= 4 is 17.3 Å².